The fourth-order valence-corrected chi connectivity index (χ4v) is 5.28. The van der Waals surface area contributed by atoms with E-state index < -0.39 is 6.10 Å². The van der Waals surface area contributed by atoms with Crippen LogP contribution < -0.4 is 0 Å². The maximum atomic E-state index is 11.0. The second kappa shape index (κ2) is 17.4. The van der Waals surface area contributed by atoms with Crippen LogP contribution in [0.5, 0.6) is 0 Å². The Balaban J connectivity index is 4.63. The maximum Gasteiger partial charge on any atom is 0.0571 e. The van der Waals surface area contributed by atoms with Crippen LogP contribution in [0.4, 0.5) is 0 Å². The number of hydrogen-bond donors (Lipinski definition) is 4. The number of aliphatic hydroxyl groups excluding tert-OH is 4. The van der Waals surface area contributed by atoms with Gasteiger partial charge in [-0.15, -0.1) is 0 Å². The lowest BCUT2D eigenvalue weighted by Gasteiger charge is -2.33. The first kappa shape index (κ1) is 34.8. The van der Waals surface area contributed by atoms with E-state index in [9.17, 15) is 20.4 Å². The van der Waals surface area contributed by atoms with Crippen molar-refractivity contribution in [3.05, 3.63) is 0 Å². The van der Waals surface area contributed by atoms with Gasteiger partial charge < -0.3 is 20.4 Å². The minimum absolute atomic E-state index is 0.110. The average Bonchev–Trinajstić information content (AvgIpc) is 2.80. The van der Waals surface area contributed by atoms with E-state index in [-0.39, 0.29) is 47.9 Å². The van der Waals surface area contributed by atoms with Crippen molar-refractivity contribution in [2.45, 2.75) is 146 Å². The van der Waals surface area contributed by atoms with E-state index in [1.165, 1.54) is 0 Å². The molecule has 10 unspecified atom stereocenters. The van der Waals surface area contributed by atoms with Gasteiger partial charge in [-0.2, -0.15) is 0 Å². The van der Waals surface area contributed by atoms with Gasteiger partial charge in [-0.05, 0) is 78.9 Å². The lowest BCUT2D eigenvalue weighted by molar-refractivity contribution is 0.00926. The summed E-state index contributed by atoms with van der Waals surface area (Å²) in [7, 11) is 0. The summed E-state index contributed by atoms with van der Waals surface area (Å²) in [5.74, 6) is 2.79. The van der Waals surface area contributed by atoms with Gasteiger partial charge in [0, 0.05) is 0 Å². The first-order valence-electron chi connectivity index (χ1n) is 14.9. The average molecular weight is 501 g/mol. The normalized spacial score (nSPS) is 23.0. The smallest absolute Gasteiger partial charge is 0.0571 e. The molecule has 0 saturated heterocycles. The number of aliphatic hydroxyl groups is 4. The highest BCUT2D eigenvalue weighted by molar-refractivity contribution is 4.81. The number of rotatable bonds is 19. The largest absolute Gasteiger partial charge is 0.393 e. The molecule has 0 radical (unpaired) electrons. The molecular formula is C31H64O4. The third-order valence-electron chi connectivity index (χ3n) is 9.76. The molecule has 0 amide bonds. The van der Waals surface area contributed by atoms with E-state index in [2.05, 4.69) is 76.2 Å². The fourth-order valence-electron chi connectivity index (χ4n) is 5.28. The molecule has 4 heteroatoms. The molecule has 212 valence electrons. The molecule has 0 rings (SSSR count). The summed E-state index contributed by atoms with van der Waals surface area (Å²) >= 11 is 0. The molecule has 0 spiro atoms. The summed E-state index contributed by atoms with van der Waals surface area (Å²) in [5.41, 5.74) is 0. The zero-order valence-corrected chi connectivity index (χ0v) is 25.2. The molecule has 0 fully saturated rings. The van der Waals surface area contributed by atoms with Crippen molar-refractivity contribution in [1.82, 2.24) is 0 Å². The van der Waals surface area contributed by atoms with Crippen molar-refractivity contribution >= 4 is 0 Å². The number of hydrogen-bond acceptors (Lipinski definition) is 4. The van der Waals surface area contributed by atoms with E-state index in [0.29, 0.717) is 36.5 Å². The molecule has 0 aromatic rings. The van der Waals surface area contributed by atoms with E-state index in [4.69, 9.17) is 0 Å². The molecule has 4 nitrogen and oxygen atoms in total. The highest BCUT2D eigenvalue weighted by Gasteiger charge is 2.30. The van der Waals surface area contributed by atoms with Gasteiger partial charge in [-0.1, -0.05) is 95.4 Å². The van der Waals surface area contributed by atoms with Crippen LogP contribution in [-0.4, -0.2) is 44.8 Å². The predicted octanol–water partition coefficient (Wildman–Crippen LogP) is 6.93. The Morgan fingerprint density at radius 3 is 1.20 bits per heavy atom. The van der Waals surface area contributed by atoms with Crippen LogP contribution in [0.3, 0.4) is 0 Å². The molecule has 12 atom stereocenters. The lowest BCUT2D eigenvalue weighted by Crippen LogP contribution is -2.33. The molecule has 0 saturated carbocycles. The zero-order valence-electron chi connectivity index (χ0n) is 25.2. The van der Waals surface area contributed by atoms with Gasteiger partial charge in [-0.25, -0.2) is 0 Å². The van der Waals surface area contributed by atoms with Crippen LogP contribution in [0.25, 0.3) is 0 Å². The molecule has 35 heavy (non-hydrogen) atoms. The highest BCUT2D eigenvalue weighted by atomic mass is 16.3. The fraction of sp³-hybridized carbons (Fsp3) is 1.00. The summed E-state index contributed by atoms with van der Waals surface area (Å²) in [5, 5.41) is 42.4. The summed E-state index contributed by atoms with van der Waals surface area (Å²) in [6, 6.07) is 0. The maximum absolute atomic E-state index is 11.0. The SMILES string of the molecule is CCCC(O)C(C)C(C)CC(O)C(C)[C@H](C)CC(O)C(C)C(C)CCC(C)[C@H](C)CC(O)C(C)C. The molecule has 0 bridgehead atoms. The van der Waals surface area contributed by atoms with Crippen LogP contribution >= 0.6 is 0 Å². The van der Waals surface area contributed by atoms with Gasteiger partial charge in [0.25, 0.3) is 0 Å². The second-order valence-electron chi connectivity index (χ2n) is 13.1. The topological polar surface area (TPSA) is 80.9 Å². The standard InChI is InChI=1S/C31H64O4/c1-12-13-28(32)26(10)23(7)17-31(35)27(11)24(8)18-30(34)25(9)21(5)15-14-20(4)22(6)16-29(33)19(2)3/h19-35H,12-18H2,1-11H3/t20?,21?,22-,23?,24-,25?,26?,27?,28?,29?,30?,31?/m1/s1. The van der Waals surface area contributed by atoms with Crippen LogP contribution in [0, 0.1) is 53.3 Å². The molecule has 0 aromatic carbocycles. The van der Waals surface area contributed by atoms with Crippen molar-refractivity contribution in [2.75, 3.05) is 0 Å². The Hall–Kier alpha value is -0.160. The third-order valence-corrected chi connectivity index (χ3v) is 9.76. The Labute approximate surface area is 219 Å². The van der Waals surface area contributed by atoms with Crippen molar-refractivity contribution in [3.8, 4) is 0 Å². The van der Waals surface area contributed by atoms with Crippen molar-refractivity contribution in [3.63, 3.8) is 0 Å². The molecule has 0 aliphatic carbocycles. The first-order chi connectivity index (χ1) is 16.1. The minimum atomic E-state index is -0.417. The summed E-state index contributed by atoms with van der Waals surface area (Å²) in [4.78, 5) is 0. The predicted molar refractivity (Wildman–Crippen MR) is 150 cm³/mol. The summed E-state index contributed by atoms with van der Waals surface area (Å²) < 4.78 is 0. The summed E-state index contributed by atoms with van der Waals surface area (Å²) in [6.07, 6.45) is 4.94. The van der Waals surface area contributed by atoms with E-state index in [1.54, 1.807) is 0 Å². The van der Waals surface area contributed by atoms with Crippen molar-refractivity contribution in [1.29, 1.82) is 0 Å². The van der Waals surface area contributed by atoms with Gasteiger partial charge >= 0.3 is 0 Å². The zero-order chi connectivity index (χ0) is 27.5. The monoisotopic (exact) mass is 500 g/mol. The van der Waals surface area contributed by atoms with Crippen LogP contribution in [-0.2, 0) is 0 Å². The van der Waals surface area contributed by atoms with Crippen LogP contribution in [0.2, 0.25) is 0 Å². The van der Waals surface area contributed by atoms with Gasteiger partial charge in [0.15, 0.2) is 0 Å². The van der Waals surface area contributed by atoms with E-state index in [0.717, 1.165) is 32.1 Å². The van der Waals surface area contributed by atoms with Gasteiger partial charge in [0.1, 0.15) is 0 Å². The lowest BCUT2D eigenvalue weighted by atomic mass is 9.76. The van der Waals surface area contributed by atoms with Crippen LogP contribution in [0.1, 0.15) is 121 Å². The molecular weight excluding hydrogens is 436 g/mol. The van der Waals surface area contributed by atoms with Gasteiger partial charge in [-0.3, -0.25) is 0 Å². The quantitative estimate of drug-likeness (QED) is 0.155. The van der Waals surface area contributed by atoms with Gasteiger partial charge in [0.05, 0.1) is 24.4 Å². The Kier molecular flexibility index (Phi) is 17.3. The first-order valence-corrected chi connectivity index (χ1v) is 14.9. The second-order valence-corrected chi connectivity index (χ2v) is 13.1. The summed E-state index contributed by atoms with van der Waals surface area (Å²) in [6.45, 7) is 23.7. The van der Waals surface area contributed by atoms with E-state index >= 15 is 0 Å². The molecule has 0 aliphatic rings. The minimum Gasteiger partial charge on any atom is -0.393 e. The van der Waals surface area contributed by atoms with Gasteiger partial charge in [0.2, 0.25) is 0 Å². The third kappa shape index (κ3) is 12.8. The molecule has 0 aliphatic heterocycles. The Bertz CT molecular complexity index is 524. The molecule has 4 N–H and O–H groups in total. The Morgan fingerprint density at radius 2 is 0.771 bits per heavy atom. The van der Waals surface area contributed by atoms with E-state index in [1.807, 2.05) is 0 Å². The molecule has 0 heterocycles. The van der Waals surface area contributed by atoms with Crippen LogP contribution in [0.15, 0.2) is 0 Å². The highest BCUT2D eigenvalue weighted by Crippen LogP contribution is 2.33. The molecule has 0 aromatic heterocycles. The van der Waals surface area contributed by atoms with Crippen molar-refractivity contribution < 1.29 is 20.4 Å². The Morgan fingerprint density at radius 1 is 0.400 bits per heavy atom. The van der Waals surface area contributed by atoms with Crippen molar-refractivity contribution in [2.24, 2.45) is 53.3 Å².